The van der Waals surface area contributed by atoms with Gasteiger partial charge in [0.2, 0.25) is 5.91 Å². The van der Waals surface area contributed by atoms with Crippen LogP contribution in [0.3, 0.4) is 0 Å². The van der Waals surface area contributed by atoms with Crippen molar-refractivity contribution < 1.29 is 28.0 Å². The number of unbranched alkanes of at least 4 members (excludes halogenated alkanes) is 21. The second-order valence-electron chi connectivity index (χ2n) is 14.4. The zero-order valence-corrected chi connectivity index (χ0v) is 34.1. The highest BCUT2D eigenvalue weighted by Gasteiger charge is 2.27. The van der Waals surface area contributed by atoms with Gasteiger partial charge in [-0.3, -0.25) is 9.35 Å². The Kier molecular flexibility index (Phi) is 35.9. The smallest absolute Gasteiger partial charge is 0.267 e. The molecular formula is C44H79NO6S. The summed E-state index contributed by atoms with van der Waals surface area (Å²) in [6, 6.07) is -1.26. The van der Waals surface area contributed by atoms with E-state index in [1.54, 1.807) is 6.08 Å². The maximum absolute atomic E-state index is 12.6. The van der Waals surface area contributed by atoms with Gasteiger partial charge in [0.1, 0.15) is 6.10 Å². The minimum absolute atomic E-state index is 0.263. The molecule has 0 bridgehead atoms. The van der Waals surface area contributed by atoms with Gasteiger partial charge in [0, 0.05) is 0 Å². The molecule has 0 aliphatic rings. The van der Waals surface area contributed by atoms with E-state index >= 15 is 0 Å². The highest BCUT2D eigenvalue weighted by Crippen LogP contribution is 2.13. The van der Waals surface area contributed by atoms with Crippen molar-refractivity contribution in [2.75, 3.05) is 5.75 Å². The quantitative estimate of drug-likeness (QED) is 0.0217. The maximum atomic E-state index is 12.6. The number of aliphatic hydroxyl groups is 2. The SMILES string of the molecule is CCCCC/C=C\C=C/CCCCCCCCCCCC(O)C(=O)NC(CS(=O)(=O)O)C(O)/C=C/CC/C=C/CC/C=C/CCCCCCCCC. The summed E-state index contributed by atoms with van der Waals surface area (Å²) in [7, 11) is -4.46. The van der Waals surface area contributed by atoms with Crippen LogP contribution in [0.1, 0.15) is 187 Å². The molecule has 0 spiro atoms. The van der Waals surface area contributed by atoms with Gasteiger partial charge in [-0.2, -0.15) is 8.42 Å². The van der Waals surface area contributed by atoms with Crippen LogP contribution < -0.4 is 5.32 Å². The lowest BCUT2D eigenvalue weighted by atomic mass is 10.0. The number of aliphatic hydroxyl groups excluding tert-OH is 2. The van der Waals surface area contributed by atoms with Crippen molar-refractivity contribution in [1.29, 1.82) is 0 Å². The number of hydrogen-bond donors (Lipinski definition) is 4. The fraction of sp³-hybridized carbons (Fsp3) is 0.750. The molecule has 1 amide bonds. The van der Waals surface area contributed by atoms with Crippen molar-refractivity contribution in [2.24, 2.45) is 0 Å². The molecule has 0 fully saturated rings. The van der Waals surface area contributed by atoms with Gasteiger partial charge in [-0.25, -0.2) is 0 Å². The van der Waals surface area contributed by atoms with Gasteiger partial charge in [0.15, 0.2) is 0 Å². The van der Waals surface area contributed by atoms with E-state index in [9.17, 15) is 28.0 Å². The Morgan fingerprint density at radius 2 is 0.923 bits per heavy atom. The average molecular weight is 750 g/mol. The molecule has 0 radical (unpaired) electrons. The number of carbonyl (C=O) groups is 1. The molecule has 0 aliphatic heterocycles. The molecule has 0 heterocycles. The maximum Gasteiger partial charge on any atom is 0.267 e. The van der Waals surface area contributed by atoms with Gasteiger partial charge in [-0.15, -0.1) is 0 Å². The van der Waals surface area contributed by atoms with Crippen molar-refractivity contribution in [3.8, 4) is 0 Å². The highest BCUT2D eigenvalue weighted by atomic mass is 32.2. The molecule has 302 valence electrons. The van der Waals surface area contributed by atoms with Crippen molar-refractivity contribution in [1.82, 2.24) is 5.32 Å². The van der Waals surface area contributed by atoms with Crippen LogP contribution in [0.15, 0.2) is 60.8 Å². The fourth-order valence-corrected chi connectivity index (χ4v) is 6.74. The van der Waals surface area contributed by atoms with Crippen LogP contribution in [-0.2, 0) is 14.9 Å². The first-order valence-electron chi connectivity index (χ1n) is 21.1. The topological polar surface area (TPSA) is 124 Å². The molecule has 52 heavy (non-hydrogen) atoms. The number of hydrogen-bond acceptors (Lipinski definition) is 5. The van der Waals surface area contributed by atoms with Crippen molar-refractivity contribution in [3.05, 3.63) is 60.8 Å². The van der Waals surface area contributed by atoms with Gasteiger partial charge in [0.25, 0.3) is 10.1 Å². The highest BCUT2D eigenvalue weighted by molar-refractivity contribution is 7.85. The summed E-state index contributed by atoms with van der Waals surface area (Å²) in [5, 5.41) is 23.4. The molecule has 7 nitrogen and oxygen atoms in total. The second-order valence-corrected chi connectivity index (χ2v) is 15.9. The van der Waals surface area contributed by atoms with E-state index in [0.717, 1.165) is 51.4 Å². The molecule has 0 aromatic heterocycles. The molecule has 8 heteroatoms. The minimum Gasteiger partial charge on any atom is -0.387 e. The predicted molar refractivity (Wildman–Crippen MR) is 222 cm³/mol. The van der Waals surface area contributed by atoms with E-state index in [4.69, 9.17) is 0 Å². The summed E-state index contributed by atoms with van der Waals surface area (Å²) in [4.78, 5) is 12.6. The zero-order valence-electron chi connectivity index (χ0n) is 33.3. The van der Waals surface area contributed by atoms with Crippen molar-refractivity contribution in [3.63, 3.8) is 0 Å². The Morgan fingerprint density at radius 3 is 1.42 bits per heavy atom. The molecule has 0 rings (SSSR count). The molecule has 3 atom stereocenters. The van der Waals surface area contributed by atoms with Crippen molar-refractivity contribution in [2.45, 2.75) is 205 Å². The Labute approximate surface area is 320 Å². The zero-order chi connectivity index (χ0) is 38.4. The summed E-state index contributed by atoms with van der Waals surface area (Å²) in [5.74, 6) is -1.57. The number of rotatable bonds is 37. The first-order valence-corrected chi connectivity index (χ1v) is 22.7. The lowest BCUT2D eigenvalue weighted by molar-refractivity contribution is -0.130. The third-order valence-corrected chi connectivity index (χ3v) is 10.1. The normalized spacial score (nSPS) is 14.5. The third-order valence-electron chi connectivity index (χ3n) is 9.28. The summed E-state index contributed by atoms with van der Waals surface area (Å²) in [6.45, 7) is 4.47. The van der Waals surface area contributed by atoms with E-state index in [1.807, 2.05) is 0 Å². The van der Waals surface area contributed by atoms with E-state index in [-0.39, 0.29) is 6.42 Å². The molecule has 0 aliphatic carbocycles. The van der Waals surface area contributed by atoms with Gasteiger partial charge in [-0.05, 0) is 70.6 Å². The number of allylic oxidation sites excluding steroid dienone is 9. The molecule has 0 saturated heterocycles. The van der Waals surface area contributed by atoms with Crippen LogP contribution >= 0.6 is 0 Å². The average Bonchev–Trinajstić information content (AvgIpc) is 3.11. The van der Waals surface area contributed by atoms with E-state index < -0.39 is 40.0 Å². The van der Waals surface area contributed by atoms with Crippen LogP contribution in [0.4, 0.5) is 0 Å². The van der Waals surface area contributed by atoms with Gasteiger partial charge in [-0.1, -0.05) is 177 Å². The number of nitrogens with one attached hydrogen (secondary N) is 1. The summed E-state index contributed by atoms with van der Waals surface area (Å²) < 4.78 is 32.5. The Morgan fingerprint density at radius 1 is 0.538 bits per heavy atom. The van der Waals surface area contributed by atoms with Gasteiger partial charge in [0.05, 0.1) is 17.9 Å². The van der Waals surface area contributed by atoms with Crippen LogP contribution in [0, 0.1) is 0 Å². The lowest BCUT2D eigenvalue weighted by Gasteiger charge is -2.22. The van der Waals surface area contributed by atoms with E-state index in [1.165, 1.54) is 109 Å². The van der Waals surface area contributed by atoms with Crippen molar-refractivity contribution >= 4 is 16.0 Å². The first kappa shape index (κ1) is 50.0. The summed E-state index contributed by atoms with van der Waals surface area (Å²) in [5.41, 5.74) is 0. The van der Waals surface area contributed by atoms with Crippen LogP contribution in [0.25, 0.3) is 0 Å². The lowest BCUT2D eigenvalue weighted by Crippen LogP contribution is -2.50. The molecule has 0 aromatic carbocycles. The van der Waals surface area contributed by atoms with Crippen LogP contribution in [0.5, 0.6) is 0 Å². The van der Waals surface area contributed by atoms with Gasteiger partial charge >= 0.3 is 0 Å². The largest absolute Gasteiger partial charge is 0.387 e. The standard InChI is InChI=1S/C44H79NO6S/c1-3-5-7-9-11-13-15-17-19-21-23-25-27-29-31-33-35-37-39-43(47)44(48)45-41(40-52(49,50)51)42(46)38-36-34-32-30-28-26-24-22-20-18-16-14-12-10-8-6-4-2/h11,13,15,17,20,22,28,30,36,38,41-43,46-47H,3-10,12,14,16,18-19,21,23-27,29,31-35,37,39-40H2,1-2H3,(H,45,48)(H,49,50,51)/b13-11-,17-15-,22-20+,30-28+,38-36+. The Hall–Kier alpha value is -2.00. The summed E-state index contributed by atoms with van der Waals surface area (Å²) >= 11 is 0. The van der Waals surface area contributed by atoms with Crippen LogP contribution in [-0.4, -0.2) is 53.1 Å². The molecular weight excluding hydrogens is 671 g/mol. The van der Waals surface area contributed by atoms with E-state index in [0.29, 0.717) is 12.8 Å². The monoisotopic (exact) mass is 750 g/mol. The van der Waals surface area contributed by atoms with E-state index in [2.05, 4.69) is 67.8 Å². The summed E-state index contributed by atoms with van der Waals surface area (Å²) in [6.07, 6.45) is 48.4. The predicted octanol–water partition coefficient (Wildman–Crippen LogP) is 11.4. The molecule has 0 saturated carbocycles. The third kappa shape index (κ3) is 36.4. The van der Waals surface area contributed by atoms with Gasteiger partial charge < -0.3 is 15.5 Å². The minimum atomic E-state index is -4.46. The number of carbonyl (C=O) groups excluding carboxylic acids is 1. The number of amides is 1. The fourth-order valence-electron chi connectivity index (χ4n) is 6.01. The Balaban J connectivity index is 4.12. The van der Waals surface area contributed by atoms with Crippen LogP contribution in [0.2, 0.25) is 0 Å². The molecule has 4 N–H and O–H groups in total. The first-order chi connectivity index (χ1) is 25.2. The molecule has 0 aromatic rings. The molecule has 3 unspecified atom stereocenters. The Bertz CT molecular complexity index is 1060. The second kappa shape index (κ2) is 37.3.